The molecule has 0 amide bonds. The van der Waals surface area contributed by atoms with Crippen LogP contribution in [-0.4, -0.2) is 11.9 Å². The Balaban J connectivity index is 2.30. The van der Waals surface area contributed by atoms with Gasteiger partial charge < -0.3 is 4.74 Å². The third kappa shape index (κ3) is 11.3. The maximum absolute atomic E-state index is 11.8. The Morgan fingerprint density at radius 1 is 0.767 bits per heavy atom. The summed E-state index contributed by atoms with van der Waals surface area (Å²) in [5.41, 5.74) is 0.321. The molecule has 0 radical (unpaired) electrons. The van der Waals surface area contributed by atoms with Crippen LogP contribution in [-0.2, 0) is 14.3 Å². The number of unbranched alkanes of at least 4 members (excludes halogenated alkanes) is 8. The van der Waals surface area contributed by atoms with Gasteiger partial charge in [-0.05, 0) is 63.2 Å². The summed E-state index contributed by atoms with van der Waals surface area (Å²) in [7, 11) is 0. The van der Waals surface area contributed by atoms with Crippen molar-refractivity contribution in [3.63, 3.8) is 0 Å². The molecule has 0 spiro atoms. The van der Waals surface area contributed by atoms with Crippen molar-refractivity contribution in [3.05, 3.63) is 12.2 Å². The van der Waals surface area contributed by atoms with E-state index >= 15 is 0 Å². The van der Waals surface area contributed by atoms with Gasteiger partial charge in [0.2, 0.25) is 0 Å². The smallest absolute Gasteiger partial charge is 0.317 e. The number of allylic oxidation sites excluding steroid dienone is 2. The SMILES string of the molecule is CCCCCCCCCC=CCCCC(CCC)(CCC)CCC1CC(=O)OC1=O. The van der Waals surface area contributed by atoms with E-state index in [1.165, 1.54) is 89.9 Å². The minimum atomic E-state index is -0.340. The molecule has 174 valence electrons. The van der Waals surface area contributed by atoms with Crippen LogP contribution in [0.15, 0.2) is 12.2 Å². The second-order valence-electron chi connectivity index (χ2n) is 9.51. The Hall–Kier alpha value is -1.12. The van der Waals surface area contributed by atoms with Crippen LogP contribution in [0.5, 0.6) is 0 Å². The number of ether oxygens (including phenoxy) is 1. The first-order valence-electron chi connectivity index (χ1n) is 13.0. The van der Waals surface area contributed by atoms with E-state index in [0.717, 1.165) is 19.3 Å². The van der Waals surface area contributed by atoms with Gasteiger partial charge in [-0.25, -0.2) is 0 Å². The molecule has 1 heterocycles. The van der Waals surface area contributed by atoms with E-state index in [0.29, 0.717) is 5.41 Å². The van der Waals surface area contributed by atoms with Gasteiger partial charge in [-0.15, -0.1) is 0 Å². The highest BCUT2D eigenvalue weighted by molar-refractivity contribution is 5.94. The topological polar surface area (TPSA) is 43.4 Å². The van der Waals surface area contributed by atoms with E-state index in [2.05, 4.69) is 32.9 Å². The Bertz CT molecular complexity index is 488. The van der Waals surface area contributed by atoms with E-state index in [9.17, 15) is 9.59 Å². The molecule has 0 saturated carbocycles. The van der Waals surface area contributed by atoms with Crippen molar-refractivity contribution in [1.82, 2.24) is 0 Å². The number of rotatable bonds is 19. The highest BCUT2D eigenvalue weighted by Gasteiger charge is 2.36. The van der Waals surface area contributed by atoms with Gasteiger partial charge >= 0.3 is 11.9 Å². The molecule has 0 aromatic carbocycles. The van der Waals surface area contributed by atoms with Gasteiger partial charge in [0.25, 0.3) is 0 Å². The van der Waals surface area contributed by atoms with E-state index in [1.54, 1.807) is 0 Å². The number of esters is 2. The van der Waals surface area contributed by atoms with Crippen LogP contribution in [0.3, 0.4) is 0 Å². The second-order valence-corrected chi connectivity index (χ2v) is 9.51. The Kier molecular flexibility index (Phi) is 14.9. The lowest BCUT2D eigenvalue weighted by Crippen LogP contribution is -2.23. The summed E-state index contributed by atoms with van der Waals surface area (Å²) in [6.07, 6.45) is 26.2. The number of carbonyl (C=O) groups excluding carboxylic acids is 2. The largest absolute Gasteiger partial charge is 0.393 e. The van der Waals surface area contributed by atoms with E-state index in [4.69, 9.17) is 4.74 Å². The minimum absolute atomic E-state index is 0.201. The van der Waals surface area contributed by atoms with Gasteiger partial charge in [0.1, 0.15) is 0 Å². The van der Waals surface area contributed by atoms with Gasteiger partial charge in [0.05, 0.1) is 12.3 Å². The zero-order valence-electron chi connectivity index (χ0n) is 20.2. The molecule has 3 nitrogen and oxygen atoms in total. The van der Waals surface area contributed by atoms with Crippen molar-refractivity contribution in [2.75, 3.05) is 0 Å². The van der Waals surface area contributed by atoms with Gasteiger partial charge in [-0.3, -0.25) is 9.59 Å². The predicted octanol–water partition coefficient (Wildman–Crippen LogP) is 8.31. The van der Waals surface area contributed by atoms with E-state index < -0.39 is 0 Å². The van der Waals surface area contributed by atoms with E-state index in [1.807, 2.05) is 0 Å². The van der Waals surface area contributed by atoms with Gasteiger partial charge in [0.15, 0.2) is 0 Å². The van der Waals surface area contributed by atoms with Gasteiger partial charge in [-0.1, -0.05) is 84.3 Å². The van der Waals surface area contributed by atoms with Crippen molar-refractivity contribution in [3.8, 4) is 0 Å². The highest BCUT2D eigenvalue weighted by Crippen LogP contribution is 2.42. The summed E-state index contributed by atoms with van der Waals surface area (Å²) < 4.78 is 4.75. The normalized spacial score (nSPS) is 17.2. The molecule has 1 unspecified atom stereocenters. The summed E-state index contributed by atoms with van der Waals surface area (Å²) in [6.45, 7) is 6.80. The molecule has 1 fully saturated rings. The molecular weight excluding hydrogens is 372 g/mol. The molecule has 1 aliphatic heterocycles. The zero-order chi connectivity index (χ0) is 22.1. The molecule has 3 heteroatoms. The second kappa shape index (κ2) is 16.6. The number of hydrogen-bond donors (Lipinski definition) is 0. The standard InChI is InChI=1S/C27H48O3/c1-4-7-8-9-10-11-12-13-14-15-16-17-21-27(19-5-2,20-6-3)22-18-24-23-25(28)30-26(24)29/h14-15,24H,4-13,16-23H2,1-3H3. The maximum Gasteiger partial charge on any atom is 0.317 e. The number of cyclic esters (lactones) is 2. The molecule has 1 saturated heterocycles. The molecule has 1 aliphatic rings. The number of hydrogen-bond acceptors (Lipinski definition) is 3. The van der Waals surface area contributed by atoms with Crippen LogP contribution in [0, 0.1) is 11.3 Å². The Morgan fingerprint density at radius 2 is 1.37 bits per heavy atom. The fraction of sp³-hybridized carbons (Fsp3) is 0.852. The van der Waals surface area contributed by atoms with Crippen molar-refractivity contribution < 1.29 is 14.3 Å². The van der Waals surface area contributed by atoms with Crippen LogP contribution < -0.4 is 0 Å². The summed E-state index contributed by atoms with van der Waals surface area (Å²) in [6, 6.07) is 0. The summed E-state index contributed by atoms with van der Waals surface area (Å²) in [5, 5.41) is 0. The van der Waals surface area contributed by atoms with Crippen molar-refractivity contribution in [2.45, 2.75) is 136 Å². The van der Waals surface area contributed by atoms with Crippen LogP contribution >= 0.6 is 0 Å². The monoisotopic (exact) mass is 420 g/mol. The van der Waals surface area contributed by atoms with Crippen LogP contribution in [0.4, 0.5) is 0 Å². The molecular formula is C27H48O3. The molecule has 0 aromatic heterocycles. The average Bonchev–Trinajstić information content (AvgIpc) is 3.04. The first-order valence-corrected chi connectivity index (χ1v) is 13.0. The summed E-state index contributed by atoms with van der Waals surface area (Å²) >= 11 is 0. The quantitative estimate of drug-likeness (QED) is 0.0913. The van der Waals surface area contributed by atoms with Crippen LogP contribution in [0.1, 0.15) is 136 Å². The fourth-order valence-corrected chi connectivity index (χ4v) is 5.08. The lowest BCUT2D eigenvalue weighted by Gasteiger charge is -2.34. The van der Waals surface area contributed by atoms with Crippen molar-refractivity contribution in [2.24, 2.45) is 11.3 Å². The third-order valence-corrected chi connectivity index (χ3v) is 6.76. The van der Waals surface area contributed by atoms with Crippen LogP contribution in [0.2, 0.25) is 0 Å². The molecule has 1 rings (SSSR count). The predicted molar refractivity (Wildman–Crippen MR) is 126 cm³/mol. The molecule has 0 N–H and O–H groups in total. The van der Waals surface area contributed by atoms with Gasteiger partial charge in [0, 0.05) is 0 Å². The summed E-state index contributed by atoms with van der Waals surface area (Å²) in [4.78, 5) is 23.2. The molecule has 0 aromatic rings. The lowest BCUT2D eigenvalue weighted by atomic mass is 9.71. The fourth-order valence-electron chi connectivity index (χ4n) is 5.08. The molecule has 1 atom stereocenters. The number of carbonyl (C=O) groups is 2. The van der Waals surface area contributed by atoms with Crippen molar-refractivity contribution >= 4 is 11.9 Å². The van der Waals surface area contributed by atoms with Crippen LogP contribution in [0.25, 0.3) is 0 Å². The van der Waals surface area contributed by atoms with E-state index in [-0.39, 0.29) is 24.3 Å². The minimum Gasteiger partial charge on any atom is -0.393 e. The molecule has 0 aliphatic carbocycles. The Labute approximate surface area is 186 Å². The first kappa shape index (κ1) is 26.9. The Morgan fingerprint density at radius 3 is 1.93 bits per heavy atom. The summed E-state index contributed by atoms with van der Waals surface area (Å²) in [5.74, 6) is -0.838. The lowest BCUT2D eigenvalue weighted by molar-refractivity contribution is -0.153. The third-order valence-electron chi connectivity index (χ3n) is 6.76. The highest BCUT2D eigenvalue weighted by atomic mass is 16.6. The average molecular weight is 421 g/mol. The zero-order valence-corrected chi connectivity index (χ0v) is 20.2. The first-order chi connectivity index (χ1) is 14.6. The molecule has 0 bridgehead atoms. The maximum atomic E-state index is 11.8. The van der Waals surface area contributed by atoms with Crippen molar-refractivity contribution in [1.29, 1.82) is 0 Å². The molecule has 30 heavy (non-hydrogen) atoms. The van der Waals surface area contributed by atoms with Gasteiger partial charge in [-0.2, -0.15) is 0 Å².